The lowest BCUT2D eigenvalue weighted by atomic mass is 10.1. The first-order chi connectivity index (χ1) is 11.0. The van der Waals surface area contributed by atoms with Gasteiger partial charge in [0.15, 0.2) is 5.13 Å². The predicted molar refractivity (Wildman–Crippen MR) is 92.7 cm³/mol. The van der Waals surface area contributed by atoms with E-state index in [-0.39, 0.29) is 24.4 Å². The maximum atomic E-state index is 12.7. The summed E-state index contributed by atoms with van der Waals surface area (Å²) < 4.78 is 0. The molecule has 1 aromatic carbocycles. The number of nitrogens with zero attached hydrogens (tertiary/aromatic N) is 2. The molecule has 6 heteroatoms. The van der Waals surface area contributed by atoms with Gasteiger partial charge in [-0.2, -0.15) is 0 Å². The Morgan fingerprint density at radius 1 is 1.30 bits per heavy atom. The van der Waals surface area contributed by atoms with Crippen LogP contribution in [0.15, 0.2) is 36.5 Å². The van der Waals surface area contributed by atoms with Crippen LogP contribution < -0.4 is 5.32 Å². The summed E-state index contributed by atoms with van der Waals surface area (Å²) in [4.78, 5) is 31.7. The Morgan fingerprint density at radius 2 is 2.00 bits per heavy atom. The molecule has 1 N–H and O–H groups in total. The average Bonchev–Trinajstić information content (AvgIpc) is 2.97. The number of carbonyl (C=O) groups excluding carboxylic acids is 2. The van der Waals surface area contributed by atoms with Gasteiger partial charge in [0.05, 0.1) is 0 Å². The van der Waals surface area contributed by atoms with E-state index in [9.17, 15) is 9.59 Å². The molecule has 2 rings (SSSR count). The van der Waals surface area contributed by atoms with E-state index in [0.29, 0.717) is 10.7 Å². The number of carbonyl (C=O) groups is 2. The Kier molecular flexibility index (Phi) is 5.87. The van der Waals surface area contributed by atoms with E-state index >= 15 is 0 Å². The molecule has 1 atom stereocenters. The molecule has 5 nitrogen and oxygen atoms in total. The third kappa shape index (κ3) is 4.63. The van der Waals surface area contributed by atoms with Crippen LogP contribution in [0.5, 0.6) is 0 Å². The lowest BCUT2D eigenvalue weighted by molar-refractivity contribution is -0.117. The highest BCUT2D eigenvalue weighted by molar-refractivity contribution is 7.15. The van der Waals surface area contributed by atoms with Gasteiger partial charge in [0.25, 0.3) is 5.91 Å². The zero-order valence-electron chi connectivity index (χ0n) is 13.6. The number of benzene rings is 1. The minimum atomic E-state index is -0.232. The topological polar surface area (TPSA) is 62.3 Å². The zero-order chi connectivity index (χ0) is 16.8. The molecule has 2 aromatic rings. The predicted octanol–water partition coefficient (Wildman–Crippen LogP) is 3.33. The molecule has 0 fully saturated rings. The summed E-state index contributed by atoms with van der Waals surface area (Å²) >= 11 is 1.42. The van der Waals surface area contributed by atoms with E-state index in [0.717, 1.165) is 11.3 Å². The summed E-state index contributed by atoms with van der Waals surface area (Å²) in [7, 11) is 0. The van der Waals surface area contributed by atoms with Crippen LogP contribution in [0.1, 0.15) is 35.5 Å². The first-order valence-corrected chi connectivity index (χ1v) is 8.41. The molecule has 1 aromatic heterocycles. The number of aromatic nitrogens is 1. The number of rotatable bonds is 6. The first kappa shape index (κ1) is 17.1. The fraction of sp³-hybridized carbons (Fsp3) is 0.353. The second-order valence-corrected chi connectivity index (χ2v) is 6.62. The van der Waals surface area contributed by atoms with Crippen molar-refractivity contribution < 1.29 is 9.59 Å². The number of nitrogens with one attached hydrogen (secondary N) is 1. The number of hydrogen-bond acceptors (Lipinski definition) is 4. The monoisotopic (exact) mass is 331 g/mol. The minimum absolute atomic E-state index is 0.0152. The minimum Gasteiger partial charge on any atom is -0.327 e. The van der Waals surface area contributed by atoms with E-state index in [1.165, 1.54) is 11.3 Å². The molecule has 2 amide bonds. The Bertz CT molecular complexity index is 669. The molecule has 0 spiro atoms. The summed E-state index contributed by atoms with van der Waals surface area (Å²) in [5.41, 5.74) is 0.589. The molecule has 122 valence electrons. The van der Waals surface area contributed by atoms with Gasteiger partial charge in [-0.3, -0.25) is 9.59 Å². The number of amides is 2. The Morgan fingerprint density at radius 3 is 2.57 bits per heavy atom. The van der Waals surface area contributed by atoms with Crippen molar-refractivity contribution in [2.75, 3.05) is 11.9 Å². The molecule has 0 saturated heterocycles. The lowest BCUT2D eigenvalue weighted by Gasteiger charge is -2.28. The maximum absolute atomic E-state index is 12.7. The summed E-state index contributed by atoms with van der Waals surface area (Å²) in [6.45, 7) is 5.89. The van der Waals surface area contributed by atoms with Crippen LogP contribution in [-0.4, -0.2) is 34.3 Å². The molecule has 0 aliphatic rings. The van der Waals surface area contributed by atoms with Crippen LogP contribution in [0.25, 0.3) is 0 Å². The van der Waals surface area contributed by atoms with E-state index in [1.807, 2.05) is 39.0 Å². The molecule has 23 heavy (non-hydrogen) atoms. The van der Waals surface area contributed by atoms with Gasteiger partial charge in [-0.1, -0.05) is 25.1 Å². The number of thiazole rings is 1. The van der Waals surface area contributed by atoms with Crippen LogP contribution >= 0.6 is 11.3 Å². The van der Waals surface area contributed by atoms with E-state index < -0.39 is 0 Å². The summed E-state index contributed by atoms with van der Waals surface area (Å²) in [6, 6.07) is 9.01. The largest absolute Gasteiger partial charge is 0.327 e. The van der Waals surface area contributed by atoms with Crippen molar-refractivity contribution in [3.63, 3.8) is 0 Å². The lowest BCUT2D eigenvalue weighted by Crippen LogP contribution is -2.43. The summed E-state index contributed by atoms with van der Waals surface area (Å²) in [5, 5.41) is 3.31. The number of aryl methyl sites for hydroxylation is 1. The third-order valence-electron chi connectivity index (χ3n) is 3.59. The maximum Gasteiger partial charge on any atom is 0.254 e. The third-order valence-corrected chi connectivity index (χ3v) is 4.41. The highest BCUT2D eigenvalue weighted by atomic mass is 32.1. The standard InChI is InChI=1S/C17H21N3O2S/c1-4-12(2)20(16(22)14-8-6-5-7-9-14)11-15(21)19-17-18-10-13(3)23-17/h5-10,12H,4,11H2,1-3H3,(H,18,19,21). The zero-order valence-corrected chi connectivity index (χ0v) is 14.4. The van der Waals surface area contributed by atoms with Crippen molar-refractivity contribution >= 4 is 28.3 Å². The van der Waals surface area contributed by atoms with Crippen molar-refractivity contribution in [2.45, 2.75) is 33.2 Å². The van der Waals surface area contributed by atoms with Gasteiger partial charge in [0.1, 0.15) is 6.54 Å². The quantitative estimate of drug-likeness (QED) is 0.883. The van der Waals surface area contributed by atoms with Gasteiger partial charge in [0, 0.05) is 22.7 Å². The molecular formula is C17H21N3O2S. The Balaban J connectivity index is 2.09. The number of anilines is 1. The SMILES string of the molecule is CCC(C)N(CC(=O)Nc1ncc(C)s1)C(=O)c1ccccc1. The van der Waals surface area contributed by atoms with Crippen molar-refractivity contribution in [1.82, 2.24) is 9.88 Å². The van der Waals surface area contributed by atoms with Crippen molar-refractivity contribution in [3.8, 4) is 0 Å². The molecule has 0 radical (unpaired) electrons. The fourth-order valence-corrected chi connectivity index (χ4v) is 2.80. The first-order valence-electron chi connectivity index (χ1n) is 7.59. The Hall–Kier alpha value is -2.21. The molecule has 0 aliphatic heterocycles. The highest BCUT2D eigenvalue weighted by Crippen LogP contribution is 2.17. The van der Waals surface area contributed by atoms with Crippen LogP contribution in [-0.2, 0) is 4.79 Å². The van der Waals surface area contributed by atoms with Gasteiger partial charge in [-0.15, -0.1) is 11.3 Å². The number of hydrogen-bond donors (Lipinski definition) is 1. The van der Waals surface area contributed by atoms with Gasteiger partial charge >= 0.3 is 0 Å². The van der Waals surface area contributed by atoms with Crippen molar-refractivity contribution in [3.05, 3.63) is 47.0 Å². The molecule has 0 aliphatic carbocycles. The Labute approximate surface area is 140 Å². The van der Waals surface area contributed by atoms with Crippen molar-refractivity contribution in [1.29, 1.82) is 0 Å². The highest BCUT2D eigenvalue weighted by Gasteiger charge is 2.23. The van der Waals surface area contributed by atoms with Gasteiger partial charge in [0.2, 0.25) is 5.91 Å². The summed E-state index contributed by atoms with van der Waals surface area (Å²) in [5.74, 6) is -0.366. The van der Waals surface area contributed by atoms with E-state index in [1.54, 1.807) is 23.2 Å². The smallest absolute Gasteiger partial charge is 0.254 e. The van der Waals surface area contributed by atoms with Gasteiger partial charge in [-0.05, 0) is 32.4 Å². The molecule has 1 unspecified atom stereocenters. The van der Waals surface area contributed by atoms with Crippen molar-refractivity contribution in [2.24, 2.45) is 0 Å². The van der Waals surface area contributed by atoms with Crippen LogP contribution in [0.4, 0.5) is 5.13 Å². The summed E-state index contributed by atoms with van der Waals surface area (Å²) in [6.07, 6.45) is 2.49. The van der Waals surface area contributed by atoms with E-state index in [2.05, 4.69) is 10.3 Å². The normalized spacial score (nSPS) is 11.8. The molecule has 0 saturated carbocycles. The molecular weight excluding hydrogens is 310 g/mol. The second kappa shape index (κ2) is 7.87. The van der Waals surface area contributed by atoms with Crippen LogP contribution in [0, 0.1) is 6.92 Å². The van der Waals surface area contributed by atoms with Crippen LogP contribution in [0.3, 0.4) is 0 Å². The fourth-order valence-electron chi connectivity index (χ4n) is 2.12. The average molecular weight is 331 g/mol. The van der Waals surface area contributed by atoms with Crippen LogP contribution in [0.2, 0.25) is 0 Å². The van der Waals surface area contributed by atoms with Gasteiger partial charge < -0.3 is 10.2 Å². The van der Waals surface area contributed by atoms with E-state index in [4.69, 9.17) is 0 Å². The second-order valence-electron chi connectivity index (χ2n) is 5.38. The molecule has 1 heterocycles. The van der Waals surface area contributed by atoms with Gasteiger partial charge in [-0.25, -0.2) is 4.98 Å². The molecule has 0 bridgehead atoms.